The van der Waals surface area contributed by atoms with E-state index in [-0.39, 0.29) is 11.1 Å². The summed E-state index contributed by atoms with van der Waals surface area (Å²) < 4.78 is 26.0. The SMILES string of the molecule is O=S(=O)(NCC1CCCCN1)c1ccn[nH]1. The normalized spacial score (nSPS) is 22.1. The van der Waals surface area contributed by atoms with E-state index >= 15 is 0 Å². The average Bonchev–Trinajstić information content (AvgIpc) is 2.82. The number of sulfonamides is 1. The third-order valence-electron chi connectivity index (χ3n) is 2.70. The lowest BCUT2D eigenvalue weighted by molar-refractivity contribution is 0.398. The zero-order chi connectivity index (χ0) is 11.4. The summed E-state index contributed by atoms with van der Waals surface area (Å²) in [4.78, 5) is 0. The van der Waals surface area contributed by atoms with Crippen molar-refractivity contribution in [3.63, 3.8) is 0 Å². The Balaban J connectivity index is 1.89. The molecule has 1 aromatic heterocycles. The Morgan fingerprint density at radius 3 is 3.00 bits per heavy atom. The van der Waals surface area contributed by atoms with Crippen LogP contribution in [0, 0.1) is 0 Å². The highest BCUT2D eigenvalue weighted by molar-refractivity contribution is 7.89. The number of nitrogens with one attached hydrogen (secondary N) is 3. The Morgan fingerprint density at radius 2 is 2.38 bits per heavy atom. The van der Waals surface area contributed by atoms with Crippen LogP contribution in [0.25, 0.3) is 0 Å². The fourth-order valence-corrected chi connectivity index (χ4v) is 2.77. The van der Waals surface area contributed by atoms with Gasteiger partial charge in [0.25, 0.3) is 10.0 Å². The first-order valence-corrected chi connectivity index (χ1v) is 6.89. The lowest BCUT2D eigenvalue weighted by atomic mass is 10.1. The van der Waals surface area contributed by atoms with Crippen LogP contribution >= 0.6 is 0 Å². The van der Waals surface area contributed by atoms with Gasteiger partial charge in [-0.05, 0) is 25.5 Å². The van der Waals surface area contributed by atoms with Crippen molar-refractivity contribution in [2.24, 2.45) is 0 Å². The summed E-state index contributed by atoms with van der Waals surface area (Å²) in [7, 11) is -3.42. The maximum Gasteiger partial charge on any atom is 0.257 e. The Kier molecular flexibility index (Phi) is 3.57. The van der Waals surface area contributed by atoms with Crippen LogP contribution in [0.4, 0.5) is 0 Å². The van der Waals surface area contributed by atoms with Crippen LogP contribution in [0.1, 0.15) is 19.3 Å². The lowest BCUT2D eigenvalue weighted by Gasteiger charge is -2.23. The largest absolute Gasteiger partial charge is 0.313 e. The van der Waals surface area contributed by atoms with E-state index in [1.54, 1.807) is 0 Å². The molecule has 1 unspecified atom stereocenters. The number of hydrogen-bond donors (Lipinski definition) is 3. The van der Waals surface area contributed by atoms with Crippen molar-refractivity contribution in [1.29, 1.82) is 0 Å². The number of hydrogen-bond acceptors (Lipinski definition) is 4. The molecule has 3 N–H and O–H groups in total. The summed E-state index contributed by atoms with van der Waals surface area (Å²) in [6.07, 6.45) is 4.77. The van der Waals surface area contributed by atoms with Crippen molar-refractivity contribution in [2.45, 2.75) is 30.3 Å². The van der Waals surface area contributed by atoms with Crippen molar-refractivity contribution in [2.75, 3.05) is 13.1 Å². The predicted molar refractivity (Wildman–Crippen MR) is 59.4 cm³/mol. The maximum atomic E-state index is 11.7. The Bertz CT molecular complexity index is 409. The first kappa shape index (κ1) is 11.6. The highest BCUT2D eigenvalue weighted by Crippen LogP contribution is 2.07. The fraction of sp³-hybridized carbons (Fsp3) is 0.667. The van der Waals surface area contributed by atoms with Crippen molar-refractivity contribution in [1.82, 2.24) is 20.2 Å². The van der Waals surface area contributed by atoms with Gasteiger partial charge >= 0.3 is 0 Å². The third kappa shape index (κ3) is 2.81. The van der Waals surface area contributed by atoms with E-state index in [1.165, 1.54) is 18.7 Å². The molecule has 0 amide bonds. The van der Waals surface area contributed by atoms with E-state index in [1.807, 2.05) is 0 Å². The zero-order valence-corrected chi connectivity index (χ0v) is 9.76. The summed E-state index contributed by atoms with van der Waals surface area (Å²) in [6.45, 7) is 1.40. The molecule has 0 bridgehead atoms. The van der Waals surface area contributed by atoms with Crippen molar-refractivity contribution >= 4 is 10.0 Å². The second-order valence-electron chi connectivity index (χ2n) is 3.92. The minimum Gasteiger partial charge on any atom is -0.313 e. The summed E-state index contributed by atoms with van der Waals surface area (Å²) in [5.74, 6) is 0. The van der Waals surface area contributed by atoms with Crippen LogP contribution in [-0.4, -0.2) is 37.7 Å². The Labute approximate surface area is 94.9 Å². The van der Waals surface area contributed by atoms with Gasteiger partial charge in [-0.1, -0.05) is 6.42 Å². The van der Waals surface area contributed by atoms with Crippen LogP contribution < -0.4 is 10.0 Å². The maximum absolute atomic E-state index is 11.7. The molecule has 1 aliphatic heterocycles. The molecule has 0 spiro atoms. The van der Waals surface area contributed by atoms with Gasteiger partial charge in [-0.25, -0.2) is 13.1 Å². The molecular weight excluding hydrogens is 228 g/mol. The number of piperidine rings is 1. The predicted octanol–water partition coefficient (Wildman–Crippen LogP) is -0.170. The zero-order valence-electron chi connectivity index (χ0n) is 8.94. The van der Waals surface area contributed by atoms with E-state index in [4.69, 9.17) is 0 Å². The molecular formula is C9H16N4O2S. The molecule has 6 nitrogen and oxygen atoms in total. The summed E-state index contributed by atoms with van der Waals surface area (Å²) in [5.41, 5.74) is 0. The van der Waals surface area contributed by atoms with Gasteiger partial charge in [0.05, 0.1) is 6.20 Å². The molecule has 1 saturated heterocycles. The van der Waals surface area contributed by atoms with Crippen LogP contribution in [0.15, 0.2) is 17.3 Å². The van der Waals surface area contributed by atoms with Crippen molar-refractivity contribution in [3.8, 4) is 0 Å². The van der Waals surface area contributed by atoms with Gasteiger partial charge in [-0.3, -0.25) is 5.10 Å². The number of rotatable bonds is 4. The third-order valence-corrected chi connectivity index (χ3v) is 4.05. The van der Waals surface area contributed by atoms with Crippen LogP contribution in [0.5, 0.6) is 0 Å². The van der Waals surface area contributed by atoms with E-state index in [0.717, 1.165) is 19.4 Å². The van der Waals surface area contributed by atoms with Crippen LogP contribution in [-0.2, 0) is 10.0 Å². The first-order chi connectivity index (χ1) is 7.68. The average molecular weight is 244 g/mol. The molecule has 1 aliphatic rings. The molecule has 0 aromatic carbocycles. The van der Waals surface area contributed by atoms with Gasteiger partial charge in [0, 0.05) is 12.6 Å². The Morgan fingerprint density at radius 1 is 1.50 bits per heavy atom. The molecule has 0 aliphatic carbocycles. The summed E-state index contributed by atoms with van der Waals surface area (Å²) in [5, 5.41) is 9.47. The quantitative estimate of drug-likeness (QED) is 0.686. The monoisotopic (exact) mass is 244 g/mol. The summed E-state index contributed by atoms with van der Waals surface area (Å²) >= 11 is 0. The van der Waals surface area contributed by atoms with Gasteiger partial charge in [0.15, 0.2) is 5.03 Å². The van der Waals surface area contributed by atoms with Crippen LogP contribution in [0.2, 0.25) is 0 Å². The van der Waals surface area contributed by atoms with E-state index in [0.29, 0.717) is 6.54 Å². The molecule has 2 heterocycles. The van der Waals surface area contributed by atoms with Crippen molar-refractivity contribution < 1.29 is 8.42 Å². The number of aromatic nitrogens is 2. The van der Waals surface area contributed by atoms with E-state index < -0.39 is 10.0 Å². The fourth-order valence-electron chi connectivity index (χ4n) is 1.78. The van der Waals surface area contributed by atoms with E-state index in [2.05, 4.69) is 20.2 Å². The van der Waals surface area contributed by atoms with Gasteiger partial charge in [-0.15, -0.1) is 0 Å². The standard InChI is InChI=1S/C9H16N4O2S/c14-16(15,9-4-6-11-13-9)12-7-8-3-1-2-5-10-8/h4,6,8,10,12H,1-3,5,7H2,(H,11,13). The van der Waals surface area contributed by atoms with E-state index in [9.17, 15) is 8.42 Å². The molecule has 0 saturated carbocycles. The van der Waals surface area contributed by atoms with Gasteiger partial charge in [0.2, 0.25) is 0 Å². The van der Waals surface area contributed by atoms with Crippen molar-refractivity contribution in [3.05, 3.63) is 12.3 Å². The molecule has 90 valence electrons. The highest BCUT2D eigenvalue weighted by atomic mass is 32.2. The number of H-pyrrole nitrogens is 1. The van der Waals surface area contributed by atoms with Crippen LogP contribution in [0.3, 0.4) is 0 Å². The smallest absolute Gasteiger partial charge is 0.257 e. The minimum atomic E-state index is -3.42. The molecule has 1 fully saturated rings. The highest BCUT2D eigenvalue weighted by Gasteiger charge is 2.18. The number of nitrogens with zero attached hydrogens (tertiary/aromatic N) is 1. The summed E-state index contributed by atoms with van der Waals surface area (Å²) in [6, 6.07) is 1.68. The van der Waals surface area contributed by atoms with Gasteiger partial charge in [-0.2, -0.15) is 5.10 Å². The Hall–Kier alpha value is -0.920. The molecule has 2 rings (SSSR count). The molecule has 0 radical (unpaired) electrons. The van der Waals surface area contributed by atoms with Gasteiger partial charge in [0.1, 0.15) is 0 Å². The minimum absolute atomic E-state index is 0.114. The lowest BCUT2D eigenvalue weighted by Crippen LogP contribution is -2.43. The second kappa shape index (κ2) is 4.94. The second-order valence-corrected chi connectivity index (χ2v) is 5.65. The molecule has 16 heavy (non-hydrogen) atoms. The molecule has 1 aromatic rings. The van der Waals surface area contributed by atoms with Gasteiger partial charge < -0.3 is 5.32 Å². The molecule has 1 atom stereocenters. The topological polar surface area (TPSA) is 86.9 Å². The first-order valence-electron chi connectivity index (χ1n) is 5.41. The molecule has 7 heteroatoms. The number of aromatic amines is 1.